The Bertz CT molecular complexity index is 776. The van der Waals surface area contributed by atoms with Crippen molar-refractivity contribution in [3.05, 3.63) is 58.3 Å². The number of hydrogen-bond donors (Lipinski definition) is 0. The fraction of sp³-hybridized carbons (Fsp3) is 0.478. The topological polar surface area (TPSA) is 53.1 Å². The lowest BCUT2D eigenvalue weighted by Gasteiger charge is -2.31. The fourth-order valence-corrected chi connectivity index (χ4v) is 4.21. The van der Waals surface area contributed by atoms with Crippen molar-refractivity contribution in [3.63, 3.8) is 0 Å². The van der Waals surface area contributed by atoms with Gasteiger partial charge in [-0.15, -0.1) is 11.3 Å². The van der Waals surface area contributed by atoms with E-state index in [1.165, 1.54) is 0 Å². The lowest BCUT2D eigenvalue weighted by molar-refractivity contribution is -0.141. The molecule has 1 aliphatic rings. The van der Waals surface area contributed by atoms with Gasteiger partial charge < -0.3 is 14.5 Å². The maximum absolute atomic E-state index is 13.3. The molecule has 1 fully saturated rings. The summed E-state index contributed by atoms with van der Waals surface area (Å²) in [6.07, 6.45) is 0.403. The zero-order valence-electron chi connectivity index (χ0n) is 17.7. The average Bonchev–Trinajstić information content (AvgIpc) is 3.30. The van der Waals surface area contributed by atoms with Crippen LogP contribution in [0.1, 0.15) is 23.8 Å². The van der Waals surface area contributed by atoms with Crippen molar-refractivity contribution in [1.82, 2.24) is 14.7 Å². The molecular weight excluding hydrogens is 398 g/mol. The molecule has 1 aromatic carbocycles. The standard InChI is InChI=1S/C23H31N3O3S/c1-2-22(27)25(11-10-24-12-14-29-15-13-24)19-23(28)26(18-21-9-6-16-30-21)17-20-7-4-3-5-8-20/h3-9,16H,2,10-15,17-19H2,1H3. The van der Waals surface area contributed by atoms with Crippen LogP contribution < -0.4 is 0 Å². The molecule has 2 amide bonds. The number of carbonyl (C=O) groups is 2. The Morgan fingerprint density at radius 2 is 1.77 bits per heavy atom. The molecule has 6 nitrogen and oxygen atoms in total. The van der Waals surface area contributed by atoms with Gasteiger partial charge in [0.2, 0.25) is 11.8 Å². The summed E-state index contributed by atoms with van der Waals surface area (Å²) < 4.78 is 5.40. The van der Waals surface area contributed by atoms with Crippen LogP contribution >= 0.6 is 11.3 Å². The third-order valence-corrected chi connectivity index (χ3v) is 6.13. The molecule has 0 atom stereocenters. The minimum atomic E-state index is -0.0176. The molecule has 0 bridgehead atoms. The summed E-state index contributed by atoms with van der Waals surface area (Å²) in [5.74, 6) is 0.00317. The van der Waals surface area contributed by atoms with Crippen LogP contribution in [0.3, 0.4) is 0 Å². The number of amides is 2. The maximum atomic E-state index is 13.3. The third kappa shape index (κ3) is 6.93. The first-order valence-electron chi connectivity index (χ1n) is 10.6. The predicted octanol–water partition coefficient (Wildman–Crippen LogP) is 2.85. The van der Waals surface area contributed by atoms with Gasteiger partial charge in [-0.05, 0) is 17.0 Å². The van der Waals surface area contributed by atoms with E-state index in [0.29, 0.717) is 26.1 Å². The minimum absolute atomic E-state index is 0.0176. The number of rotatable bonds is 10. The van der Waals surface area contributed by atoms with Gasteiger partial charge in [0, 0.05) is 44.0 Å². The summed E-state index contributed by atoms with van der Waals surface area (Å²) in [5.41, 5.74) is 1.09. The molecule has 0 spiro atoms. The molecule has 0 unspecified atom stereocenters. The van der Waals surface area contributed by atoms with Crippen LogP contribution in [0, 0.1) is 0 Å². The van der Waals surface area contributed by atoms with Crippen LogP contribution in [-0.4, -0.2) is 72.5 Å². The van der Waals surface area contributed by atoms with Crippen LogP contribution in [0.4, 0.5) is 0 Å². The highest BCUT2D eigenvalue weighted by molar-refractivity contribution is 7.09. The second kappa shape index (κ2) is 11.8. The first kappa shape index (κ1) is 22.5. The molecule has 2 aromatic rings. The molecule has 30 heavy (non-hydrogen) atoms. The largest absolute Gasteiger partial charge is 0.379 e. The predicted molar refractivity (Wildman–Crippen MR) is 119 cm³/mol. The highest BCUT2D eigenvalue weighted by Gasteiger charge is 2.22. The maximum Gasteiger partial charge on any atom is 0.242 e. The zero-order valence-corrected chi connectivity index (χ0v) is 18.5. The van der Waals surface area contributed by atoms with Crippen molar-refractivity contribution in [2.24, 2.45) is 0 Å². The van der Waals surface area contributed by atoms with Crippen molar-refractivity contribution in [2.45, 2.75) is 26.4 Å². The van der Waals surface area contributed by atoms with E-state index in [4.69, 9.17) is 4.74 Å². The molecule has 1 aliphatic heterocycles. The molecule has 0 saturated carbocycles. The van der Waals surface area contributed by atoms with Gasteiger partial charge >= 0.3 is 0 Å². The first-order valence-corrected chi connectivity index (χ1v) is 11.5. The quantitative estimate of drug-likeness (QED) is 0.583. The minimum Gasteiger partial charge on any atom is -0.379 e. The van der Waals surface area contributed by atoms with Crippen LogP contribution in [0.25, 0.3) is 0 Å². The van der Waals surface area contributed by atoms with Gasteiger partial charge in [0.05, 0.1) is 26.3 Å². The number of ether oxygens (including phenoxy) is 1. The second-order valence-corrected chi connectivity index (χ2v) is 8.47. The van der Waals surface area contributed by atoms with E-state index in [9.17, 15) is 9.59 Å². The highest BCUT2D eigenvalue weighted by atomic mass is 32.1. The van der Waals surface area contributed by atoms with Gasteiger partial charge in [-0.3, -0.25) is 14.5 Å². The smallest absolute Gasteiger partial charge is 0.242 e. The Morgan fingerprint density at radius 3 is 2.43 bits per heavy atom. The molecule has 3 rings (SSSR count). The van der Waals surface area contributed by atoms with Crippen molar-refractivity contribution < 1.29 is 14.3 Å². The van der Waals surface area contributed by atoms with Crippen molar-refractivity contribution in [3.8, 4) is 0 Å². The van der Waals surface area contributed by atoms with Crippen LogP contribution in [0.15, 0.2) is 47.8 Å². The molecule has 0 aliphatic carbocycles. The normalized spacial score (nSPS) is 14.4. The van der Waals surface area contributed by atoms with E-state index in [1.54, 1.807) is 16.2 Å². The summed E-state index contributed by atoms with van der Waals surface area (Å²) in [7, 11) is 0. The molecule has 7 heteroatoms. The van der Waals surface area contributed by atoms with E-state index >= 15 is 0 Å². The second-order valence-electron chi connectivity index (χ2n) is 7.44. The molecule has 1 saturated heterocycles. The monoisotopic (exact) mass is 429 g/mol. The Morgan fingerprint density at radius 1 is 1.00 bits per heavy atom. The van der Waals surface area contributed by atoms with Gasteiger partial charge in [0.1, 0.15) is 0 Å². The molecule has 0 N–H and O–H groups in total. The SMILES string of the molecule is CCC(=O)N(CCN1CCOCC1)CC(=O)N(Cc1ccccc1)Cc1cccs1. The zero-order chi connectivity index (χ0) is 21.2. The summed E-state index contributed by atoms with van der Waals surface area (Å²) in [5, 5.41) is 2.02. The Hall–Kier alpha value is -2.22. The Labute approximate surface area is 183 Å². The fourth-order valence-electron chi connectivity index (χ4n) is 3.49. The van der Waals surface area contributed by atoms with Gasteiger partial charge in [-0.1, -0.05) is 43.3 Å². The molecule has 0 radical (unpaired) electrons. The highest BCUT2D eigenvalue weighted by Crippen LogP contribution is 2.15. The van der Waals surface area contributed by atoms with E-state index < -0.39 is 0 Å². The third-order valence-electron chi connectivity index (χ3n) is 5.27. The van der Waals surface area contributed by atoms with E-state index in [0.717, 1.165) is 43.3 Å². The summed E-state index contributed by atoms with van der Waals surface area (Å²) in [6.45, 7) is 7.61. The first-order chi connectivity index (χ1) is 14.7. The lowest BCUT2D eigenvalue weighted by atomic mass is 10.2. The van der Waals surface area contributed by atoms with E-state index in [2.05, 4.69) is 4.90 Å². The van der Waals surface area contributed by atoms with E-state index in [-0.39, 0.29) is 18.4 Å². The number of carbonyl (C=O) groups excluding carboxylic acids is 2. The van der Waals surface area contributed by atoms with Gasteiger partial charge in [0.25, 0.3) is 0 Å². The number of thiophene rings is 1. The Balaban J connectivity index is 1.65. The summed E-state index contributed by atoms with van der Waals surface area (Å²) in [6, 6.07) is 14.0. The average molecular weight is 430 g/mol. The van der Waals surface area contributed by atoms with Gasteiger partial charge in [-0.2, -0.15) is 0 Å². The molecule has 162 valence electrons. The van der Waals surface area contributed by atoms with Gasteiger partial charge in [-0.25, -0.2) is 0 Å². The number of nitrogens with zero attached hydrogens (tertiary/aromatic N) is 3. The molecule has 2 heterocycles. The molecule has 1 aromatic heterocycles. The Kier molecular flexibility index (Phi) is 8.86. The number of benzene rings is 1. The van der Waals surface area contributed by atoms with Crippen molar-refractivity contribution >= 4 is 23.2 Å². The number of hydrogen-bond acceptors (Lipinski definition) is 5. The molecular formula is C23H31N3O3S. The van der Waals surface area contributed by atoms with Crippen molar-refractivity contribution in [2.75, 3.05) is 45.9 Å². The lowest BCUT2D eigenvalue weighted by Crippen LogP contribution is -2.46. The van der Waals surface area contributed by atoms with E-state index in [1.807, 2.05) is 59.7 Å². The van der Waals surface area contributed by atoms with Crippen LogP contribution in [0.5, 0.6) is 0 Å². The summed E-state index contributed by atoms with van der Waals surface area (Å²) >= 11 is 1.65. The van der Waals surface area contributed by atoms with Crippen molar-refractivity contribution in [1.29, 1.82) is 0 Å². The van der Waals surface area contributed by atoms with Gasteiger partial charge in [0.15, 0.2) is 0 Å². The van der Waals surface area contributed by atoms with Crippen LogP contribution in [-0.2, 0) is 27.4 Å². The van der Waals surface area contributed by atoms with Crippen LogP contribution in [0.2, 0.25) is 0 Å². The number of morpholine rings is 1. The summed E-state index contributed by atoms with van der Waals surface area (Å²) in [4.78, 5) is 32.8.